The highest BCUT2D eigenvalue weighted by Crippen LogP contribution is 2.48. The van der Waals surface area contributed by atoms with Crippen molar-refractivity contribution in [1.29, 1.82) is 5.26 Å². The fraction of sp³-hybridized carbons (Fsp3) is 0.278. The third kappa shape index (κ3) is 3.87. The van der Waals surface area contributed by atoms with E-state index in [1.54, 1.807) is 24.3 Å². The van der Waals surface area contributed by atoms with Crippen molar-refractivity contribution in [3.8, 4) is 23.3 Å². The SMILES string of the molecule is COc1cc(Nc2cccc(C#N)c2NCCO)c(Cl)c(OC)c1OC. The van der Waals surface area contributed by atoms with Crippen LogP contribution in [0.5, 0.6) is 17.2 Å². The predicted octanol–water partition coefficient (Wildman–Crippen LogP) is 3.39. The normalized spacial score (nSPS) is 10.0. The summed E-state index contributed by atoms with van der Waals surface area (Å²) >= 11 is 6.45. The lowest BCUT2D eigenvalue weighted by Crippen LogP contribution is -2.09. The Balaban J connectivity index is 2.54. The van der Waals surface area contributed by atoms with Crippen LogP contribution in [0, 0.1) is 11.3 Å². The molecule has 3 N–H and O–H groups in total. The van der Waals surface area contributed by atoms with Gasteiger partial charge < -0.3 is 30.0 Å². The van der Waals surface area contributed by atoms with Crippen molar-refractivity contribution in [3.05, 3.63) is 34.9 Å². The number of ether oxygens (including phenoxy) is 3. The molecule has 2 rings (SSSR count). The lowest BCUT2D eigenvalue weighted by molar-refractivity contribution is 0.311. The van der Waals surface area contributed by atoms with Gasteiger partial charge in [-0.1, -0.05) is 17.7 Å². The third-order valence-corrected chi connectivity index (χ3v) is 4.01. The molecule has 0 amide bonds. The fourth-order valence-electron chi connectivity index (χ4n) is 2.48. The number of halogens is 1. The van der Waals surface area contributed by atoms with E-state index < -0.39 is 0 Å². The molecule has 0 aliphatic rings. The summed E-state index contributed by atoms with van der Waals surface area (Å²) in [5, 5.41) is 24.9. The number of nitrogens with zero attached hydrogens (tertiary/aromatic N) is 1. The topological polar surface area (TPSA) is 95.8 Å². The first kappa shape index (κ1) is 19.5. The molecule has 2 aromatic rings. The van der Waals surface area contributed by atoms with Gasteiger partial charge in [0.05, 0.1) is 50.6 Å². The van der Waals surface area contributed by atoms with E-state index in [1.165, 1.54) is 21.3 Å². The molecule has 8 heteroatoms. The van der Waals surface area contributed by atoms with Gasteiger partial charge in [-0.15, -0.1) is 0 Å². The second-order valence-electron chi connectivity index (χ2n) is 5.12. The standard InChI is InChI=1S/C18H20ClN3O4/c1-24-14-9-13(15(19)18(26-3)17(14)25-2)22-12-6-4-5-11(10-20)16(12)21-7-8-23/h4-6,9,21-23H,7-8H2,1-3H3. The highest BCUT2D eigenvalue weighted by Gasteiger charge is 2.20. The van der Waals surface area contributed by atoms with Crippen molar-refractivity contribution < 1.29 is 19.3 Å². The van der Waals surface area contributed by atoms with Gasteiger partial charge >= 0.3 is 0 Å². The van der Waals surface area contributed by atoms with Crippen molar-refractivity contribution in [2.75, 3.05) is 45.1 Å². The van der Waals surface area contributed by atoms with E-state index in [-0.39, 0.29) is 6.61 Å². The van der Waals surface area contributed by atoms with Gasteiger partial charge in [0, 0.05) is 12.6 Å². The minimum atomic E-state index is -0.0653. The first-order valence-electron chi connectivity index (χ1n) is 7.74. The van der Waals surface area contributed by atoms with Gasteiger partial charge in [-0.25, -0.2) is 0 Å². The molecule has 0 aliphatic heterocycles. The van der Waals surface area contributed by atoms with Crippen LogP contribution in [-0.4, -0.2) is 39.6 Å². The number of anilines is 3. The molecule has 0 radical (unpaired) electrons. The van der Waals surface area contributed by atoms with Crippen LogP contribution >= 0.6 is 11.6 Å². The molecular formula is C18H20ClN3O4. The monoisotopic (exact) mass is 377 g/mol. The van der Waals surface area contributed by atoms with Crippen molar-refractivity contribution >= 4 is 28.7 Å². The minimum Gasteiger partial charge on any atom is -0.493 e. The van der Waals surface area contributed by atoms with E-state index in [4.69, 9.17) is 30.9 Å². The second kappa shape index (κ2) is 9.04. The summed E-state index contributed by atoms with van der Waals surface area (Å²) in [6.45, 7) is 0.237. The number of para-hydroxylation sites is 1. The smallest absolute Gasteiger partial charge is 0.205 e. The van der Waals surface area contributed by atoms with Crippen LogP contribution in [0.4, 0.5) is 17.1 Å². The van der Waals surface area contributed by atoms with Gasteiger partial charge in [0.2, 0.25) is 5.75 Å². The maximum absolute atomic E-state index is 9.33. The zero-order valence-corrected chi connectivity index (χ0v) is 15.5. The van der Waals surface area contributed by atoms with Gasteiger partial charge in [0.25, 0.3) is 0 Å². The summed E-state index contributed by atoms with van der Waals surface area (Å²) in [5.74, 6) is 1.16. The van der Waals surface area contributed by atoms with E-state index in [1.807, 2.05) is 0 Å². The summed E-state index contributed by atoms with van der Waals surface area (Å²) in [6.07, 6.45) is 0. The van der Waals surface area contributed by atoms with E-state index >= 15 is 0 Å². The van der Waals surface area contributed by atoms with Gasteiger partial charge in [-0.3, -0.25) is 0 Å². The summed E-state index contributed by atoms with van der Waals surface area (Å²) < 4.78 is 16.0. The Labute approximate surface area is 157 Å². The maximum atomic E-state index is 9.33. The first-order chi connectivity index (χ1) is 12.6. The molecule has 26 heavy (non-hydrogen) atoms. The summed E-state index contributed by atoms with van der Waals surface area (Å²) in [4.78, 5) is 0. The Kier molecular flexibility index (Phi) is 6.78. The van der Waals surface area contributed by atoms with E-state index in [9.17, 15) is 5.26 Å². The van der Waals surface area contributed by atoms with Crippen LogP contribution in [-0.2, 0) is 0 Å². The zero-order valence-electron chi connectivity index (χ0n) is 14.7. The number of aliphatic hydroxyl groups is 1. The van der Waals surface area contributed by atoms with Gasteiger partial charge in [-0.2, -0.15) is 5.26 Å². The largest absolute Gasteiger partial charge is 0.493 e. The molecule has 0 spiro atoms. The molecule has 0 aromatic heterocycles. The zero-order chi connectivity index (χ0) is 19.1. The van der Waals surface area contributed by atoms with Gasteiger partial charge in [0.1, 0.15) is 11.1 Å². The molecule has 0 saturated heterocycles. The Morgan fingerprint density at radius 2 is 1.85 bits per heavy atom. The first-order valence-corrected chi connectivity index (χ1v) is 8.12. The Bertz CT molecular complexity index is 821. The van der Waals surface area contributed by atoms with Crippen molar-refractivity contribution in [1.82, 2.24) is 0 Å². The lowest BCUT2D eigenvalue weighted by Gasteiger charge is -2.19. The number of aliphatic hydroxyl groups excluding tert-OH is 1. The molecule has 7 nitrogen and oxygen atoms in total. The predicted molar refractivity (Wildman–Crippen MR) is 101 cm³/mol. The molecule has 0 heterocycles. The molecule has 0 atom stereocenters. The number of hydrogen-bond acceptors (Lipinski definition) is 7. The van der Waals surface area contributed by atoms with E-state index in [0.29, 0.717) is 51.4 Å². The molecular weight excluding hydrogens is 358 g/mol. The maximum Gasteiger partial charge on any atom is 0.205 e. The van der Waals surface area contributed by atoms with Crippen molar-refractivity contribution in [2.24, 2.45) is 0 Å². The minimum absolute atomic E-state index is 0.0653. The van der Waals surface area contributed by atoms with Gasteiger partial charge in [0.15, 0.2) is 11.5 Å². The molecule has 138 valence electrons. The molecule has 2 aromatic carbocycles. The van der Waals surface area contributed by atoms with E-state index in [2.05, 4.69) is 16.7 Å². The number of hydrogen-bond donors (Lipinski definition) is 3. The fourth-order valence-corrected chi connectivity index (χ4v) is 2.74. The highest BCUT2D eigenvalue weighted by molar-refractivity contribution is 6.35. The Morgan fingerprint density at radius 3 is 2.42 bits per heavy atom. The summed E-state index contributed by atoms with van der Waals surface area (Å²) in [5.41, 5.74) is 2.14. The highest BCUT2D eigenvalue weighted by atomic mass is 35.5. The van der Waals surface area contributed by atoms with Crippen LogP contribution in [0.2, 0.25) is 5.02 Å². The number of rotatable bonds is 8. The molecule has 0 unspecified atom stereocenters. The van der Waals surface area contributed by atoms with Crippen molar-refractivity contribution in [3.63, 3.8) is 0 Å². The summed E-state index contributed by atoms with van der Waals surface area (Å²) in [7, 11) is 4.49. The molecule has 0 aliphatic carbocycles. The van der Waals surface area contributed by atoms with E-state index in [0.717, 1.165) is 0 Å². The number of benzene rings is 2. The van der Waals surface area contributed by atoms with Crippen LogP contribution in [0.15, 0.2) is 24.3 Å². The Morgan fingerprint density at radius 1 is 1.12 bits per heavy atom. The van der Waals surface area contributed by atoms with Crippen LogP contribution < -0.4 is 24.8 Å². The van der Waals surface area contributed by atoms with Gasteiger partial charge in [-0.05, 0) is 12.1 Å². The molecule has 0 bridgehead atoms. The quantitative estimate of drug-likeness (QED) is 0.648. The lowest BCUT2D eigenvalue weighted by atomic mass is 10.1. The second-order valence-corrected chi connectivity index (χ2v) is 5.50. The average Bonchev–Trinajstić information content (AvgIpc) is 2.67. The number of nitrogens with one attached hydrogen (secondary N) is 2. The van der Waals surface area contributed by atoms with Crippen LogP contribution in [0.25, 0.3) is 0 Å². The number of nitriles is 1. The third-order valence-electron chi connectivity index (χ3n) is 3.64. The Hall–Kier alpha value is -2.82. The molecule has 0 fully saturated rings. The number of methoxy groups -OCH3 is 3. The average molecular weight is 378 g/mol. The summed E-state index contributed by atoms with van der Waals surface area (Å²) in [6, 6.07) is 9.02. The van der Waals surface area contributed by atoms with Crippen LogP contribution in [0.3, 0.4) is 0 Å². The molecule has 0 saturated carbocycles. The van der Waals surface area contributed by atoms with Crippen LogP contribution in [0.1, 0.15) is 5.56 Å². The van der Waals surface area contributed by atoms with Crippen molar-refractivity contribution in [2.45, 2.75) is 0 Å².